The van der Waals surface area contributed by atoms with E-state index in [0.717, 1.165) is 25.8 Å². The van der Waals surface area contributed by atoms with Gasteiger partial charge in [0.1, 0.15) is 6.04 Å². The molecule has 1 aliphatic carbocycles. The lowest BCUT2D eigenvalue weighted by molar-refractivity contribution is -0.142. The number of carbonyl (C=O) groups excluding carboxylic acids is 1. The lowest BCUT2D eigenvalue weighted by Crippen LogP contribution is -2.40. The van der Waals surface area contributed by atoms with E-state index in [1.807, 2.05) is 4.90 Å². The Balaban J connectivity index is 0.00000180. The summed E-state index contributed by atoms with van der Waals surface area (Å²) in [6, 6.07) is -0.0318. The second-order valence-corrected chi connectivity index (χ2v) is 5.33. The first-order valence-electron chi connectivity index (χ1n) is 6.93. The van der Waals surface area contributed by atoms with Crippen molar-refractivity contribution < 1.29 is 14.7 Å². The molecule has 2 fully saturated rings. The van der Waals surface area contributed by atoms with Crippen molar-refractivity contribution in [3.8, 4) is 0 Å². The third kappa shape index (κ3) is 4.66. The average Bonchev–Trinajstić information content (AvgIpc) is 2.96. The Kier molecular flexibility index (Phi) is 6.58. The van der Waals surface area contributed by atoms with Gasteiger partial charge in [-0.2, -0.15) is 0 Å². The highest BCUT2D eigenvalue weighted by molar-refractivity contribution is 5.85. The fourth-order valence-corrected chi connectivity index (χ4v) is 2.99. The van der Waals surface area contributed by atoms with Crippen LogP contribution < -0.4 is 5.32 Å². The predicted molar refractivity (Wildman–Crippen MR) is 74.5 cm³/mol. The van der Waals surface area contributed by atoms with Crippen LogP contribution in [0.3, 0.4) is 0 Å². The third-order valence-electron chi connectivity index (χ3n) is 4.00. The summed E-state index contributed by atoms with van der Waals surface area (Å²) in [5, 5.41) is 12.1. The first-order valence-corrected chi connectivity index (χ1v) is 6.93. The van der Waals surface area contributed by atoms with Gasteiger partial charge in [-0.05, 0) is 32.2 Å². The minimum Gasteiger partial charge on any atom is -0.480 e. The van der Waals surface area contributed by atoms with Gasteiger partial charge in [-0.3, -0.25) is 14.5 Å². The molecule has 6 heteroatoms. The summed E-state index contributed by atoms with van der Waals surface area (Å²) in [5.41, 5.74) is 0. The summed E-state index contributed by atoms with van der Waals surface area (Å²) in [5.74, 6) is -0.693. The van der Waals surface area contributed by atoms with Crippen molar-refractivity contribution >= 4 is 24.3 Å². The van der Waals surface area contributed by atoms with Crippen LogP contribution in [0.5, 0.6) is 0 Å². The Labute approximate surface area is 120 Å². The topological polar surface area (TPSA) is 69.6 Å². The molecule has 1 amide bonds. The maximum atomic E-state index is 11.7. The number of amides is 1. The largest absolute Gasteiger partial charge is 0.480 e. The fourth-order valence-electron chi connectivity index (χ4n) is 2.99. The highest BCUT2D eigenvalue weighted by atomic mass is 35.5. The molecule has 19 heavy (non-hydrogen) atoms. The molecule has 0 aromatic rings. The second-order valence-electron chi connectivity index (χ2n) is 5.33. The van der Waals surface area contributed by atoms with E-state index >= 15 is 0 Å². The normalized spacial score (nSPS) is 24.1. The average molecular weight is 291 g/mol. The number of hydrogen-bond donors (Lipinski definition) is 2. The maximum Gasteiger partial charge on any atom is 0.320 e. The molecule has 1 saturated carbocycles. The SMILES string of the molecule is Cl.O=C(CCN1CCC[C@H]1C(=O)O)NC1CCCC1. The number of aliphatic carboxylic acids is 1. The van der Waals surface area contributed by atoms with Crippen LogP contribution in [0.4, 0.5) is 0 Å². The van der Waals surface area contributed by atoms with Crippen LogP contribution in [0.1, 0.15) is 44.9 Å². The summed E-state index contributed by atoms with van der Waals surface area (Å²) in [6.45, 7) is 1.36. The summed E-state index contributed by atoms with van der Waals surface area (Å²) in [7, 11) is 0. The van der Waals surface area contributed by atoms with Gasteiger partial charge in [-0.1, -0.05) is 12.8 Å². The van der Waals surface area contributed by atoms with E-state index < -0.39 is 5.97 Å². The van der Waals surface area contributed by atoms with E-state index in [4.69, 9.17) is 5.11 Å². The van der Waals surface area contributed by atoms with E-state index in [2.05, 4.69) is 5.32 Å². The number of likely N-dealkylation sites (tertiary alicyclic amines) is 1. The van der Waals surface area contributed by atoms with E-state index in [9.17, 15) is 9.59 Å². The van der Waals surface area contributed by atoms with Crippen LogP contribution >= 0.6 is 12.4 Å². The maximum absolute atomic E-state index is 11.7. The van der Waals surface area contributed by atoms with Crippen LogP contribution in [0.15, 0.2) is 0 Å². The summed E-state index contributed by atoms with van der Waals surface area (Å²) >= 11 is 0. The van der Waals surface area contributed by atoms with E-state index in [-0.39, 0.29) is 24.4 Å². The van der Waals surface area contributed by atoms with Crippen molar-refractivity contribution in [2.75, 3.05) is 13.1 Å². The smallest absolute Gasteiger partial charge is 0.320 e. The minimum absolute atomic E-state index is 0. The first-order chi connectivity index (χ1) is 8.66. The molecule has 0 aromatic carbocycles. The molecule has 0 radical (unpaired) electrons. The van der Waals surface area contributed by atoms with Gasteiger partial charge < -0.3 is 10.4 Å². The number of rotatable bonds is 5. The Morgan fingerprint density at radius 1 is 1.16 bits per heavy atom. The van der Waals surface area contributed by atoms with Crippen molar-refractivity contribution in [1.29, 1.82) is 0 Å². The lowest BCUT2D eigenvalue weighted by atomic mass is 10.2. The van der Waals surface area contributed by atoms with E-state index in [1.54, 1.807) is 0 Å². The lowest BCUT2D eigenvalue weighted by Gasteiger charge is -2.21. The highest BCUT2D eigenvalue weighted by Gasteiger charge is 2.30. The fraction of sp³-hybridized carbons (Fsp3) is 0.846. The number of carboxylic acid groups (broad SMARTS) is 1. The zero-order valence-electron chi connectivity index (χ0n) is 11.1. The van der Waals surface area contributed by atoms with Crippen LogP contribution in [0, 0.1) is 0 Å². The zero-order chi connectivity index (χ0) is 13.0. The number of carbonyl (C=O) groups is 2. The van der Waals surface area contributed by atoms with Gasteiger partial charge in [0.05, 0.1) is 0 Å². The molecule has 1 saturated heterocycles. The minimum atomic E-state index is -0.760. The van der Waals surface area contributed by atoms with Gasteiger partial charge in [-0.15, -0.1) is 12.4 Å². The molecule has 1 atom stereocenters. The predicted octanol–water partition coefficient (Wildman–Crippen LogP) is 1.41. The Morgan fingerprint density at radius 3 is 2.47 bits per heavy atom. The standard InChI is InChI=1S/C13H22N2O3.ClH/c16-12(14-10-4-1-2-5-10)7-9-15-8-3-6-11(15)13(17)18;/h10-11H,1-9H2,(H,14,16)(H,17,18);1H/t11-;/m0./s1. The van der Waals surface area contributed by atoms with Crippen LogP contribution in [0.2, 0.25) is 0 Å². The molecule has 2 aliphatic rings. The van der Waals surface area contributed by atoms with E-state index in [1.165, 1.54) is 12.8 Å². The number of nitrogens with zero attached hydrogens (tertiary/aromatic N) is 1. The van der Waals surface area contributed by atoms with Crippen LogP contribution in [-0.2, 0) is 9.59 Å². The molecular weight excluding hydrogens is 268 g/mol. The van der Waals surface area contributed by atoms with Gasteiger partial charge in [0, 0.05) is 19.0 Å². The molecule has 5 nitrogen and oxygen atoms in total. The molecule has 1 aliphatic heterocycles. The Morgan fingerprint density at radius 2 is 1.84 bits per heavy atom. The van der Waals surface area contributed by atoms with Gasteiger partial charge in [0.15, 0.2) is 0 Å². The van der Waals surface area contributed by atoms with Gasteiger partial charge in [0.25, 0.3) is 0 Å². The first kappa shape index (κ1) is 16.2. The molecule has 2 N–H and O–H groups in total. The zero-order valence-corrected chi connectivity index (χ0v) is 12.0. The molecule has 110 valence electrons. The monoisotopic (exact) mass is 290 g/mol. The van der Waals surface area contributed by atoms with Crippen molar-refractivity contribution in [1.82, 2.24) is 10.2 Å². The molecular formula is C13H23ClN2O3. The Hall–Kier alpha value is -0.810. The van der Waals surface area contributed by atoms with E-state index in [0.29, 0.717) is 25.4 Å². The van der Waals surface area contributed by atoms with Crippen LogP contribution in [-0.4, -0.2) is 47.1 Å². The summed E-state index contributed by atoms with van der Waals surface area (Å²) in [4.78, 5) is 24.7. The number of halogens is 1. The van der Waals surface area contributed by atoms with Crippen LogP contribution in [0.25, 0.3) is 0 Å². The Bertz CT molecular complexity index is 319. The third-order valence-corrected chi connectivity index (χ3v) is 4.00. The number of hydrogen-bond acceptors (Lipinski definition) is 3. The molecule has 0 bridgehead atoms. The quantitative estimate of drug-likeness (QED) is 0.803. The van der Waals surface area contributed by atoms with Crippen molar-refractivity contribution in [2.24, 2.45) is 0 Å². The second kappa shape index (κ2) is 7.70. The highest BCUT2D eigenvalue weighted by Crippen LogP contribution is 2.19. The molecule has 2 rings (SSSR count). The molecule has 0 unspecified atom stereocenters. The number of nitrogens with one attached hydrogen (secondary N) is 1. The molecule has 0 aromatic heterocycles. The van der Waals surface area contributed by atoms with Gasteiger partial charge >= 0.3 is 5.97 Å². The summed E-state index contributed by atoms with van der Waals surface area (Å²) in [6.07, 6.45) is 6.64. The number of carboxylic acids is 1. The summed E-state index contributed by atoms with van der Waals surface area (Å²) < 4.78 is 0. The molecule has 0 spiro atoms. The van der Waals surface area contributed by atoms with Gasteiger partial charge in [-0.25, -0.2) is 0 Å². The van der Waals surface area contributed by atoms with Gasteiger partial charge in [0.2, 0.25) is 5.91 Å². The van der Waals surface area contributed by atoms with Crippen molar-refractivity contribution in [2.45, 2.75) is 57.0 Å². The van der Waals surface area contributed by atoms with Crippen molar-refractivity contribution in [3.05, 3.63) is 0 Å². The molecule has 1 heterocycles. The van der Waals surface area contributed by atoms with Crippen molar-refractivity contribution in [3.63, 3.8) is 0 Å².